The van der Waals surface area contributed by atoms with Crippen LogP contribution in [-0.2, 0) is 9.59 Å². The van der Waals surface area contributed by atoms with Gasteiger partial charge in [0, 0.05) is 11.6 Å². The highest BCUT2D eigenvalue weighted by molar-refractivity contribution is 5.79. The van der Waals surface area contributed by atoms with E-state index in [1.807, 2.05) is 25.7 Å². The molecule has 0 saturated carbocycles. The van der Waals surface area contributed by atoms with Crippen molar-refractivity contribution >= 4 is 11.9 Å². The van der Waals surface area contributed by atoms with Gasteiger partial charge in [0.1, 0.15) is 0 Å². The Balaban J connectivity index is 2.46. The largest absolute Gasteiger partial charge is 0.481 e. The van der Waals surface area contributed by atoms with Gasteiger partial charge >= 0.3 is 5.97 Å². The summed E-state index contributed by atoms with van der Waals surface area (Å²) in [5.41, 5.74) is -0.195. The first kappa shape index (κ1) is 15.0. The third-order valence-electron chi connectivity index (χ3n) is 3.62. The van der Waals surface area contributed by atoms with E-state index in [0.717, 1.165) is 25.8 Å². The Bertz CT molecular complexity index is 315. The highest BCUT2D eigenvalue weighted by Crippen LogP contribution is 2.19. The third kappa shape index (κ3) is 4.64. The maximum Gasteiger partial charge on any atom is 0.304 e. The molecule has 1 heterocycles. The minimum Gasteiger partial charge on any atom is -0.481 e. The topological polar surface area (TPSA) is 69.6 Å². The number of hydrogen-bond acceptors (Lipinski definition) is 3. The average molecular weight is 256 g/mol. The van der Waals surface area contributed by atoms with Gasteiger partial charge < -0.3 is 10.4 Å². The van der Waals surface area contributed by atoms with Crippen LogP contribution in [0.4, 0.5) is 0 Å². The summed E-state index contributed by atoms with van der Waals surface area (Å²) in [5, 5.41) is 11.8. The van der Waals surface area contributed by atoms with E-state index in [4.69, 9.17) is 5.11 Å². The molecular weight excluding hydrogens is 232 g/mol. The van der Waals surface area contributed by atoms with Crippen LogP contribution in [0, 0.1) is 0 Å². The number of amides is 1. The number of carbonyl (C=O) groups is 2. The predicted octanol–water partition coefficient (Wildman–Crippen LogP) is 1.23. The molecular formula is C13H24N2O3. The predicted molar refractivity (Wildman–Crippen MR) is 69.4 cm³/mol. The number of aliphatic carboxylic acids is 1. The van der Waals surface area contributed by atoms with Crippen molar-refractivity contribution in [3.05, 3.63) is 0 Å². The van der Waals surface area contributed by atoms with Gasteiger partial charge in [-0.3, -0.25) is 14.5 Å². The molecule has 0 radical (unpaired) electrons. The summed E-state index contributed by atoms with van der Waals surface area (Å²) in [7, 11) is 0. The lowest BCUT2D eigenvalue weighted by molar-refractivity contribution is -0.138. The van der Waals surface area contributed by atoms with Crippen LogP contribution in [-0.4, -0.2) is 46.6 Å². The first-order valence-electron chi connectivity index (χ1n) is 6.61. The summed E-state index contributed by atoms with van der Waals surface area (Å²) in [6.07, 6.45) is 2.85. The van der Waals surface area contributed by atoms with Crippen LogP contribution >= 0.6 is 0 Å². The van der Waals surface area contributed by atoms with E-state index in [0.29, 0.717) is 6.54 Å². The van der Waals surface area contributed by atoms with Crippen LogP contribution in [0.5, 0.6) is 0 Å². The van der Waals surface area contributed by atoms with Gasteiger partial charge in [-0.1, -0.05) is 6.92 Å². The fourth-order valence-electron chi connectivity index (χ4n) is 2.23. The standard InChI is InChI=1S/C13H24N2O3/c1-4-13(2,3)14-11(16)9-15-7-5-6-10(15)8-12(17)18/h10H,4-9H2,1-3H3,(H,14,16)(H,17,18). The molecule has 1 aliphatic rings. The van der Waals surface area contributed by atoms with Gasteiger partial charge in [0.25, 0.3) is 0 Å². The molecule has 104 valence electrons. The Morgan fingerprint density at radius 2 is 2.11 bits per heavy atom. The van der Waals surface area contributed by atoms with Crippen LogP contribution in [0.25, 0.3) is 0 Å². The average Bonchev–Trinajstić information content (AvgIpc) is 2.64. The zero-order valence-electron chi connectivity index (χ0n) is 11.5. The zero-order valence-corrected chi connectivity index (χ0v) is 11.5. The van der Waals surface area contributed by atoms with E-state index in [1.165, 1.54) is 0 Å². The maximum atomic E-state index is 11.9. The van der Waals surface area contributed by atoms with E-state index < -0.39 is 5.97 Å². The lowest BCUT2D eigenvalue weighted by Gasteiger charge is -2.28. The molecule has 1 amide bonds. The van der Waals surface area contributed by atoms with Crippen molar-refractivity contribution in [3.8, 4) is 0 Å². The Morgan fingerprint density at radius 1 is 1.44 bits per heavy atom. The lowest BCUT2D eigenvalue weighted by atomic mass is 10.0. The molecule has 1 aliphatic heterocycles. The molecule has 18 heavy (non-hydrogen) atoms. The summed E-state index contributed by atoms with van der Waals surface area (Å²) >= 11 is 0. The second kappa shape index (κ2) is 6.18. The van der Waals surface area contributed by atoms with E-state index in [-0.39, 0.29) is 23.9 Å². The molecule has 1 saturated heterocycles. The molecule has 1 fully saturated rings. The molecule has 2 N–H and O–H groups in total. The molecule has 0 aliphatic carbocycles. The zero-order chi connectivity index (χ0) is 13.8. The van der Waals surface area contributed by atoms with Crippen LogP contribution in [0.15, 0.2) is 0 Å². The first-order chi connectivity index (χ1) is 8.34. The molecule has 0 bridgehead atoms. The number of rotatable bonds is 6. The molecule has 0 aromatic rings. The molecule has 1 atom stereocenters. The highest BCUT2D eigenvalue weighted by Gasteiger charge is 2.29. The fraction of sp³-hybridized carbons (Fsp3) is 0.846. The van der Waals surface area contributed by atoms with E-state index in [9.17, 15) is 9.59 Å². The van der Waals surface area contributed by atoms with Crippen molar-refractivity contribution in [2.45, 2.75) is 58.0 Å². The molecule has 5 nitrogen and oxygen atoms in total. The van der Waals surface area contributed by atoms with Gasteiger partial charge in [-0.2, -0.15) is 0 Å². The summed E-state index contributed by atoms with van der Waals surface area (Å²) < 4.78 is 0. The third-order valence-corrected chi connectivity index (χ3v) is 3.62. The van der Waals surface area contributed by atoms with Gasteiger partial charge in [-0.15, -0.1) is 0 Å². The van der Waals surface area contributed by atoms with Crippen molar-refractivity contribution in [1.82, 2.24) is 10.2 Å². The van der Waals surface area contributed by atoms with E-state index in [2.05, 4.69) is 5.32 Å². The van der Waals surface area contributed by atoms with Gasteiger partial charge in [-0.25, -0.2) is 0 Å². The maximum absolute atomic E-state index is 11.9. The highest BCUT2D eigenvalue weighted by atomic mass is 16.4. The minimum atomic E-state index is -0.791. The smallest absolute Gasteiger partial charge is 0.304 e. The summed E-state index contributed by atoms with van der Waals surface area (Å²) in [5.74, 6) is -0.805. The van der Waals surface area contributed by atoms with Gasteiger partial charge in [-0.05, 0) is 39.7 Å². The molecule has 1 rings (SSSR count). The lowest BCUT2D eigenvalue weighted by Crippen LogP contribution is -2.48. The van der Waals surface area contributed by atoms with Gasteiger partial charge in [0.2, 0.25) is 5.91 Å². The van der Waals surface area contributed by atoms with Crippen molar-refractivity contribution < 1.29 is 14.7 Å². The summed E-state index contributed by atoms with van der Waals surface area (Å²) in [4.78, 5) is 24.6. The number of carboxylic acid groups (broad SMARTS) is 1. The van der Waals surface area contributed by atoms with Crippen LogP contribution < -0.4 is 5.32 Å². The van der Waals surface area contributed by atoms with E-state index in [1.54, 1.807) is 0 Å². The number of carboxylic acids is 1. The molecule has 1 unspecified atom stereocenters. The van der Waals surface area contributed by atoms with Crippen molar-refractivity contribution in [2.75, 3.05) is 13.1 Å². The van der Waals surface area contributed by atoms with E-state index >= 15 is 0 Å². The fourth-order valence-corrected chi connectivity index (χ4v) is 2.23. The quantitative estimate of drug-likeness (QED) is 0.750. The number of hydrogen-bond donors (Lipinski definition) is 2. The van der Waals surface area contributed by atoms with Crippen molar-refractivity contribution in [1.29, 1.82) is 0 Å². The van der Waals surface area contributed by atoms with Crippen LogP contribution in [0.1, 0.15) is 46.5 Å². The Hall–Kier alpha value is -1.10. The van der Waals surface area contributed by atoms with Crippen LogP contribution in [0.2, 0.25) is 0 Å². The first-order valence-corrected chi connectivity index (χ1v) is 6.61. The monoisotopic (exact) mass is 256 g/mol. The van der Waals surface area contributed by atoms with Gasteiger partial charge in [0.15, 0.2) is 0 Å². The second-order valence-electron chi connectivity index (χ2n) is 5.65. The summed E-state index contributed by atoms with van der Waals surface area (Å²) in [6.45, 7) is 7.13. The number of carbonyl (C=O) groups excluding carboxylic acids is 1. The molecule has 0 aromatic heterocycles. The Labute approximate surface area is 109 Å². The minimum absolute atomic E-state index is 0.0120. The number of nitrogens with zero attached hydrogens (tertiary/aromatic N) is 1. The van der Waals surface area contributed by atoms with Crippen LogP contribution in [0.3, 0.4) is 0 Å². The van der Waals surface area contributed by atoms with Gasteiger partial charge in [0.05, 0.1) is 13.0 Å². The Kier molecular flexibility index (Phi) is 5.14. The second-order valence-corrected chi connectivity index (χ2v) is 5.65. The van der Waals surface area contributed by atoms with Crippen molar-refractivity contribution in [3.63, 3.8) is 0 Å². The SMILES string of the molecule is CCC(C)(C)NC(=O)CN1CCCC1CC(=O)O. The summed E-state index contributed by atoms with van der Waals surface area (Å²) in [6, 6.07) is 0.0120. The number of nitrogens with one attached hydrogen (secondary N) is 1. The Morgan fingerprint density at radius 3 is 2.67 bits per heavy atom. The molecule has 0 aromatic carbocycles. The van der Waals surface area contributed by atoms with Crippen molar-refractivity contribution in [2.24, 2.45) is 0 Å². The molecule has 0 spiro atoms. The molecule has 5 heteroatoms. The number of likely N-dealkylation sites (tertiary alicyclic amines) is 1. The normalized spacial score (nSPS) is 20.9.